The summed E-state index contributed by atoms with van der Waals surface area (Å²) in [6.07, 6.45) is 1.81. The maximum Gasteiger partial charge on any atom is 0.321 e. The van der Waals surface area contributed by atoms with E-state index in [-0.39, 0.29) is 18.1 Å². The van der Waals surface area contributed by atoms with Crippen LogP contribution in [0.25, 0.3) is 0 Å². The fourth-order valence-electron chi connectivity index (χ4n) is 3.06. The third-order valence-corrected chi connectivity index (χ3v) is 4.28. The van der Waals surface area contributed by atoms with Crippen molar-refractivity contribution in [1.29, 1.82) is 5.26 Å². The Hall–Kier alpha value is -2.75. The molecule has 2 aliphatic heterocycles. The highest BCUT2D eigenvalue weighted by molar-refractivity contribution is 5.89. The number of nitrogens with zero attached hydrogens (tertiary/aromatic N) is 3. The maximum atomic E-state index is 12.4. The Balaban J connectivity index is 1.60. The molecule has 2 aliphatic rings. The van der Waals surface area contributed by atoms with Gasteiger partial charge in [0.2, 0.25) is 0 Å². The summed E-state index contributed by atoms with van der Waals surface area (Å²) in [5.74, 6) is 0. The summed E-state index contributed by atoms with van der Waals surface area (Å²) in [7, 11) is 0. The van der Waals surface area contributed by atoms with Crippen LogP contribution in [0.15, 0.2) is 24.3 Å². The predicted octanol–water partition coefficient (Wildman–Crippen LogP) is 1.58. The molecule has 120 valence electrons. The van der Waals surface area contributed by atoms with E-state index < -0.39 is 0 Å². The van der Waals surface area contributed by atoms with Gasteiger partial charge in [0.25, 0.3) is 0 Å². The van der Waals surface area contributed by atoms with Crippen molar-refractivity contribution in [2.75, 3.05) is 31.5 Å². The number of carbonyl (C=O) groups excluding carboxylic acids is 2. The van der Waals surface area contributed by atoms with Crippen LogP contribution in [0.3, 0.4) is 0 Å². The molecular formula is C16H19N5O2. The molecular weight excluding hydrogens is 294 g/mol. The van der Waals surface area contributed by atoms with E-state index in [1.807, 2.05) is 11.0 Å². The molecule has 2 N–H and O–H groups in total. The van der Waals surface area contributed by atoms with E-state index in [2.05, 4.69) is 10.6 Å². The molecule has 7 heteroatoms. The molecule has 0 aromatic heterocycles. The van der Waals surface area contributed by atoms with Crippen LogP contribution in [0.5, 0.6) is 0 Å². The van der Waals surface area contributed by atoms with Gasteiger partial charge in [0, 0.05) is 31.9 Å². The maximum absolute atomic E-state index is 12.4. The molecule has 2 heterocycles. The van der Waals surface area contributed by atoms with Crippen molar-refractivity contribution in [3.05, 3.63) is 29.8 Å². The van der Waals surface area contributed by atoms with Gasteiger partial charge >= 0.3 is 12.1 Å². The van der Waals surface area contributed by atoms with Crippen molar-refractivity contribution in [2.24, 2.45) is 0 Å². The smallest absolute Gasteiger partial charge is 0.321 e. The van der Waals surface area contributed by atoms with Crippen molar-refractivity contribution in [3.63, 3.8) is 0 Å². The van der Waals surface area contributed by atoms with Crippen molar-refractivity contribution in [3.8, 4) is 6.07 Å². The Bertz CT molecular complexity index is 637. The summed E-state index contributed by atoms with van der Waals surface area (Å²) >= 11 is 0. The molecule has 3 rings (SSSR count). The Morgan fingerprint density at radius 3 is 2.74 bits per heavy atom. The summed E-state index contributed by atoms with van der Waals surface area (Å²) in [4.78, 5) is 27.7. The number of anilines is 1. The van der Waals surface area contributed by atoms with Crippen LogP contribution in [0.4, 0.5) is 15.3 Å². The molecule has 0 spiro atoms. The summed E-state index contributed by atoms with van der Waals surface area (Å²) in [6, 6.07) is 8.69. The Kier molecular flexibility index (Phi) is 4.33. The van der Waals surface area contributed by atoms with Crippen molar-refractivity contribution < 1.29 is 9.59 Å². The van der Waals surface area contributed by atoms with E-state index >= 15 is 0 Å². The first kappa shape index (κ1) is 15.2. The topological polar surface area (TPSA) is 88.5 Å². The number of rotatable bonds is 2. The van der Waals surface area contributed by atoms with Gasteiger partial charge in [-0.25, -0.2) is 9.59 Å². The van der Waals surface area contributed by atoms with Crippen LogP contribution in [-0.4, -0.2) is 54.1 Å². The van der Waals surface area contributed by atoms with Crippen LogP contribution in [0, 0.1) is 11.3 Å². The third kappa shape index (κ3) is 3.37. The first-order valence-electron chi connectivity index (χ1n) is 7.78. The molecule has 1 unspecified atom stereocenters. The number of hydrogen-bond donors (Lipinski definition) is 2. The van der Waals surface area contributed by atoms with Gasteiger partial charge in [-0.05, 0) is 37.1 Å². The number of nitriles is 1. The number of benzene rings is 1. The van der Waals surface area contributed by atoms with Crippen LogP contribution in [0.1, 0.15) is 18.4 Å². The zero-order valence-electron chi connectivity index (χ0n) is 12.8. The van der Waals surface area contributed by atoms with Gasteiger partial charge in [0.15, 0.2) is 0 Å². The zero-order valence-corrected chi connectivity index (χ0v) is 12.8. The lowest BCUT2D eigenvalue weighted by Crippen LogP contribution is -2.51. The highest BCUT2D eigenvalue weighted by atomic mass is 16.2. The number of hydrogen-bond acceptors (Lipinski definition) is 3. The van der Waals surface area contributed by atoms with E-state index in [0.29, 0.717) is 37.4 Å². The lowest BCUT2D eigenvalue weighted by molar-refractivity contribution is 0.139. The van der Waals surface area contributed by atoms with Crippen LogP contribution in [-0.2, 0) is 0 Å². The Morgan fingerprint density at radius 2 is 2.09 bits per heavy atom. The highest BCUT2D eigenvalue weighted by Gasteiger charge is 2.32. The van der Waals surface area contributed by atoms with Gasteiger partial charge in [-0.1, -0.05) is 0 Å². The zero-order chi connectivity index (χ0) is 16.2. The normalized spacial score (nSPS) is 20.8. The van der Waals surface area contributed by atoms with Gasteiger partial charge in [-0.3, -0.25) is 0 Å². The van der Waals surface area contributed by atoms with Gasteiger partial charge in [0.1, 0.15) is 0 Å². The van der Waals surface area contributed by atoms with Gasteiger partial charge in [-0.15, -0.1) is 0 Å². The molecule has 0 saturated carbocycles. The van der Waals surface area contributed by atoms with E-state index in [1.54, 1.807) is 29.2 Å². The minimum Gasteiger partial charge on any atom is -0.336 e. The second kappa shape index (κ2) is 6.57. The van der Waals surface area contributed by atoms with Crippen molar-refractivity contribution in [1.82, 2.24) is 15.1 Å². The quantitative estimate of drug-likeness (QED) is 0.869. The second-order valence-corrected chi connectivity index (χ2v) is 5.79. The molecule has 1 aromatic rings. The summed E-state index contributed by atoms with van der Waals surface area (Å²) < 4.78 is 0. The average Bonchev–Trinajstić information content (AvgIpc) is 3.02. The molecule has 2 saturated heterocycles. The van der Waals surface area contributed by atoms with Crippen molar-refractivity contribution >= 4 is 17.7 Å². The molecule has 23 heavy (non-hydrogen) atoms. The Morgan fingerprint density at radius 1 is 1.30 bits per heavy atom. The minimum atomic E-state index is -0.168. The number of amides is 4. The third-order valence-electron chi connectivity index (χ3n) is 4.28. The van der Waals surface area contributed by atoms with E-state index in [1.165, 1.54) is 0 Å². The fourth-order valence-corrected chi connectivity index (χ4v) is 3.06. The lowest BCUT2D eigenvalue weighted by Gasteiger charge is -2.36. The molecule has 2 fully saturated rings. The number of likely N-dealkylation sites (tertiary alicyclic amines) is 1. The first-order valence-corrected chi connectivity index (χ1v) is 7.78. The number of urea groups is 2. The largest absolute Gasteiger partial charge is 0.336 e. The van der Waals surface area contributed by atoms with Gasteiger partial charge < -0.3 is 20.4 Å². The number of piperidine rings is 1. The minimum absolute atomic E-state index is 0.0376. The molecule has 0 aliphatic carbocycles. The summed E-state index contributed by atoms with van der Waals surface area (Å²) in [6.45, 7) is 2.62. The van der Waals surface area contributed by atoms with Crippen LogP contribution >= 0.6 is 0 Å². The van der Waals surface area contributed by atoms with E-state index in [4.69, 9.17) is 5.26 Å². The van der Waals surface area contributed by atoms with Crippen LogP contribution in [0.2, 0.25) is 0 Å². The molecule has 0 bridgehead atoms. The molecule has 4 amide bonds. The molecule has 7 nitrogen and oxygen atoms in total. The predicted molar refractivity (Wildman–Crippen MR) is 84.9 cm³/mol. The standard InChI is InChI=1S/C16H19N5O2/c17-10-12-3-5-13(6-4-12)19-16(23)20-8-1-2-14(11-20)21-9-7-18-15(21)22/h3-6,14H,1-2,7-9,11H2,(H,18,22)(H,19,23). The van der Waals surface area contributed by atoms with Gasteiger partial charge in [-0.2, -0.15) is 5.26 Å². The van der Waals surface area contributed by atoms with Crippen molar-refractivity contribution in [2.45, 2.75) is 18.9 Å². The van der Waals surface area contributed by atoms with E-state index in [0.717, 1.165) is 12.8 Å². The number of carbonyl (C=O) groups is 2. The molecule has 1 atom stereocenters. The van der Waals surface area contributed by atoms with E-state index in [9.17, 15) is 9.59 Å². The second-order valence-electron chi connectivity index (χ2n) is 5.79. The first-order chi connectivity index (χ1) is 11.2. The lowest BCUT2D eigenvalue weighted by atomic mass is 10.0. The number of nitrogens with one attached hydrogen (secondary N) is 2. The fraction of sp³-hybridized carbons (Fsp3) is 0.438. The average molecular weight is 313 g/mol. The Labute approximate surface area is 134 Å². The summed E-state index contributed by atoms with van der Waals surface area (Å²) in [5, 5.41) is 14.4. The van der Waals surface area contributed by atoms with Crippen LogP contribution < -0.4 is 10.6 Å². The molecule has 1 aromatic carbocycles. The van der Waals surface area contributed by atoms with Gasteiger partial charge in [0.05, 0.1) is 17.7 Å². The SMILES string of the molecule is N#Cc1ccc(NC(=O)N2CCCC(N3CCNC3=O)C2)cc1. The highest BCUT2D eigenvalue weighted by Crippen LogP contribution is 2.19. The molecule has 0 radical (unpaired) electrons. The monoisotopic (exact) mass is 313 g/mol. The summed E-state index contributed by atoms with van der Waals surface area (Å²) in [5.41, 5.74) is 1.22.